The van der Waals surface area contributed by atoms with Gasteiger partial charge < -0.3 is 0 Å². The van der Waals surface area contributed by atoms with Crippen LogP contribution in [-0.2, 0) is 0 Å². The van der Waals surface area contributed by atoms with Crippen LogP contribution in [0.15, 0.2) is 134 Å². The summed E-state index contributed by atoms with van der Waals surface area (Å²) >= 11 is 0. The van der Waals surface area contributed by atoms with E-state index < -0.39 is 0 Å². The summed E-state index contributed by atoms with van der Waals surface area (Å²) in [6, 6.07) is 43.8. The van der Waals surface area contributed by atoms with Crippen molar-refractivity contribution in [3.8, 4) is 22.3 Å². The average Bonchev–Trinajstić information content (AvgIpc) is 3.00. The monoisotopic (exact) mass is 482 g/mol. The van der Waals surface area contributed by atoms with Crippen LogP contribution >= 0.6 is 0 Å². The van der Waals surface area contributed by atoms with E-state index in [4.69, 9.17) is 4.98 Å². The Morgan fingerprint density at radius 1 is 0.342 bits per heavy atom. The summed E-state index contributed by atoms with van der Waals surface area (Å²) in [5, 5.41) is 9.79. The number of nitrogens with zero attached hydrogens (tertiary/aromatic N) is 2. The summed E-state index contributed by atoms with van der Waals surface area (Å²) in [4.78, 5) is 9.38. The third-order valence-electron chi connectivity index (χ3n) is 7.72. The fourth-order valence-corrected chi connectivity index (χ4v) is 5.97. The molecule has 0 radical (unpaired) electrons. The summed E-state index contributed by atoms with van der Waals surface area (Å²) in [7, 11) is 0. The molecule has 7 aromatic carbocycles. The van der Waals surface area contributed by atoms with Crippen LogP contribution in [0.5, 0.6) is 0 Å². The fraction of sp³-hybridized carbons (Fsp3) is 0. The molecule has 1 aromatic heterocycles. The minimum Gasteiger partial charge on any atom is -0.252 e. The molecule has 2 heteroatoms. The largest absolute Gasteiger partial charge is 0.252 e. The number of fused-ring (bicyclic) bond motifs is 9. The van der Waals surface area contributed by atoms with Crippen molar-refractivity contribution in [2.45, 2.75) is 0 Å². The van der Waals surface area contributed by atoms with E-state index in [2.05, 4.69) is 126 Å². The molecule has 2 nitrogen and oxygen atoms in total. The van der Waals surface area contributed by atoms with Gasteiger partial charge in [-0.2, -0.15) is 0 Å². The maximum Gasteiger partial charge on any atom is 0.0971 e. The molecule has 0 atom stereocenters. The first kappa shape index (κ1) is 21.0. The van der Waals surface area contributed by atoms with E-state index in [1.54, 1.807) is 12.4 Å². The summed E-state index contributed by atoms with van der Waals surface area (Å²) < 4.78 is 0. The number of rotatable bonds is 2. The van der Waals surface area contributed by atoms with E-state index in [1.807, 2.05) is 0 Å². The van der Waals surface area contributed by atoms with Gasteiger partial charge in [0, 0.05) is 23.2 Å². The second kappa shape index (κ2) is 8.22. The van der Waals surface area contributed by atoms with E-state index in [0.29, 0.717) is 0 Å². The van der Waals surface area contributed by atoms with Gasteiger partial charge >= 0.3 is 0 Å². The first-order valence-corrected chi connectivity index (χ1v) is 12.9. The molecule has 0 unspecified atom stereocenters. The van der Waals surface area contributed by atoms with Crippen LogP contribution in [0.4, 0.5) is 0 Å². The smallest absolute Gasteiger partial charge is 0.0971 e. The van der Waals surface area contributed by atoms with Crippen molar-refractivity contribution in [2.75, 3.05) is 0 Å². The predicted molar refractivity (Wildman–Crippen MR) is 160 cm³/mol. The van der Waals surface area contributed by atoms with Crippen molar-refractivity contribution in [3.05, 3.63) is 134 Å². The van der Waals surface area contributed by atoms with Crippen LogP contribution in [0.1, 0.15) is 0 Å². The molecule has 0 fully saturated rings. The number of hydrogen-bond donors (Lipinski definition) is 0. The van der Waals surface area contributed by atoms with Crippen LogP contribution in [0.3, 0.4) is 0 Å². The lowest BCUT2D eigenvalue weighted by Crippen LogP contribution is -1.89. The highest BCUT2D eigenvalue weighted by molar-refractivity contribution is 6.23. The molecule has 0 bridgehead atoms. The van der Waals surface area contributed by atoms with Crippen LogP contribution in [0.2, 0.25) is 0 Å². The van der Waals surface area contributed by atoms with Gasteiger partial charge in [-0.1, -0.05) is 103 Å². The Bertz CT molecular complexity index is 2160. The highest BCUT2D eigenvalue weighted by atomic mass is 14.8. The van der Waals surface area contributed by atoms with E-state index >= 15 is 0 Å². The molecule has 0 spiro atoms. The third kappa shape index (κ3) is 3.14. The van der Waals surface area contributed by atoms with Gasteiger partial charge in [0.15, 0.2) is 0 Å². The molecule has 0 aliphatic rings. The molecular formula is C36H22N2. The van der Waals surface area contributed by atoms with E-state index in [9.17, 15) is 0 Å². The van der Waals surface area contributed by atoms with Gasteiger partial charge in [-0.3, -0.25) is 9.97 Å². The molecular weight excluding hydrogens is 460 g/mol. The second-order valence-corrected chi connectivity index (χ2v) is 9.83. The predicted octanol–water partition coefficient (Wildman–Crippen LogP) is 9.58. The summed E-state index contributed by atoms with van der Waals surface area (Å²) in [6.07, 6.45) is 3.55. The van der Waals surface area contributed by atoms with Crippen molar-refractivity contribution >= 4 is 54.1 Å². The molecule has 38 heavy (non-hydrogen) atoms. The van der Waals surface area contributed by atoms with Gasteiger partial charge in [-0.05, 0) is 72.8 Å². The maximum atomic E-state index is 4.71. The first-order valence-electron chi connectivity index (χ1n) is 12.9. The summed E-state index contributed by atoms with van der Waals surface area (Å²) in [5.74, 6) is 0. The Morgan fingerprint density at radius 2 is 0.921 bits per heavy atom. The lowest BCUT2D eigenvalue weighted by atomic mass is 9.91. The topological polar surface area (TPSA) is 25.8 Å². The van der Waals surface area contributed by atoms with Crippen molar-refractivity contribution in [3.63, 3.8) is 0 Å². The van der Waals surface area contributed by atoms with Crippen LogP contribution in [0.25, 0.3) is 76.4 Å². The number of benzene rings is 7. The average molecular weight is 483 g/mol. The maximum absolute atomic E-state index is 4.71. The Balaban J connectivity index is 1.36. The highest BCUT2D eigenvalue weighted by Crippen LogP contribution is 2.38. The Morgan fingerprint density at radius 3 is 1.71 bits per heavy atom. The van der Waals surface area contributed by atoms with Gasteiger partial charge in [-0.25, -0.2) is 0 Å². The SMILES string of the molecule is c1cc(-c2ccc3c(c2)c2ccccc2c2nccnc32)cc(-c2cc3ccccc3c3ccccc23)c1. The van der Waals surface area contributed by atoms with Gasteiger partial charge in [-0.15, -0.1) is 0 Å². The zero-order valence-electron chi connectivity index (χ0n) is 20.6. The molecule has 0 saturated carbocycles. The minimum absolute atomic E-state index is 0.948. The van der Waals surface area contributed by atoms with Gasteiger partial charge in [0.2, 0.25) is 0 Å². The molecule has 0 aliphatic heterocycles. The second-order valence-electron chi connectivity index (χ2n) is 9.83. The Labute approximate surface area is 219 Å². The zero-order chi connectivity index (χ0) is 25.1. The molecule has 0 N–H and O–H groups in total. The summed E-state index contributed by atoms with van der Waals surface area (Å²) in [6.45, 7) is 0. The summed E-state index contributed by atoms with van der Waals surface area (Å²) in [5.41, 5.74) is 6.77. The lowest BCUT2D eigenvalue weighted by Gasteiger charge is -2.13. The number of aromatic nitrogens is 2. The third-order valence-corrected chi connectivity index (χ3v) is 7.72. The molecule has 0 aliphatic carbocycles. The van der Waals surface area contributed by atoms with E-state index in [0.717, 1.165) is 21.8 Å². The lowest BCUT2D eigenvalue weighted by molar-refractivity contribution is 1.31. The van der Waals surface area contributed by atoms with E-state index in [-0.39, 0.29) is 0 Å². The molecule has 176 valence electrons. The zero-order valence-corrected chi connectivity index (χ0v) is 20.6. The Hall–Kier alpha value is -5.08. The highest BCUT2D eigenvalue weighted by Gasteiger charge is 2.13. The van der Waals surface area contributed by atoms with Crippen LogP contribution < -0.4 is 0 Å². The van der Waals surface area contributed by atoms with Crippen molar-refractivity contribution in [1.29, 1.82) is 0 Å². The number of hydrogen-bond acceptors (Lipinski definition) is 2. The first-order chi connectivity index (χ1) is 18.8. The van der Waals surface area contributed by atoms with Crippen LogP contribution in [0, 0.1) is 0 Å². The van der Waals surface area contributed by atoms with Gasteiger partial charge in [0.05, 0.1) is 11.0 Å². The molecule has 1 heterocycles. The van der Waals surface area contributed by atoms with Crippen LogP contribution in [-0.4, -0.2) is 9.97 Å². The van der Waals surface area contributed by atoms with Crippen molar-refractivity contribution in [2.24, 2.45) is 0 Å². The van der Waals surface area contributed by atoms with Gasteiger partial charge in [0.25, 0.3) is 0 Å². The molecule has 8 aromatic rings. The Kier molecular flexibility index (Phi) is 4.55. The fourth-order valence-electron chi connectivity index (χ4n) is 5.97. The molecule has 0 saturated heterocycles. The molecule has 0 amide bonds. The van der Waals surface area contributed by atoms with Gasteiger partial charge in [0.1, 0.15) is 0 Å². The van der Waals surface area contributed by atoms with E-state index in [1.165, 1.54) is 54.6 Å². The standard InChI is InChI=1S/C36H22N2/c1-2-11-27-26(8-1)22-33(29-13-4-3-12-28(27)29)25-10-7-9-23(20-25)24-16-17-32-34(21-24)30-14-5-6-15-31(30)35-36(32)38-19-18-37-35/h1-22H. The minimum atomic E-state index is 0.948. The van der Waals surface area contributed by atoms with Crippen molar-refractivity contribution < 1.29 is 0 Å². The quantitative estimate of drug-likeness (QED) is 0.229. The normalized spacial score (nSPS) is 11.7. The van der Waals surface area contributed by atoms with Crippen molar-refractivity contribution in [1.82, 2.24) is 9.97 Å². The molecule has 8 rings (SSSR count).